The molecule has 1 atom stereocenters. The zero-order valence-electron chi connectivity index (χ0n) is 12.6. The molecular formula is C15H18ClN3O3S. The molecule has 8 heteroatoms. The maximum Gasteiger partial charge on any atom is 0.291 e. The van der Waals surface area contributed by atoms with Crippen LogP contribution < -0.4 is 11.1 Å². The predicted molar refractivity (Wildman–Crippen MR) is 91.5 cm³/mol. The van der Waals surface area contributed by atoms with Gasteiger partial charge < -0.3 is 20.4 Å². The summed E-state index contributed by atoms with van der Waals surface area (Å²) in [5, 5.41) is 3.38. The maximum atomic E-state index is 12.5. The van der Waals surface area contributed by atoms with Crippen molar-refractivity contribution in [2.45, 2.75) is 19.4 Å². The number of nitrogens with zero attached hydrogens (tertiary/aromatic N) is 1. The summed E-state index contributed by atoms with van der Waals surface area (Å²) >= 11 is 1.28. The van der Waals surface area contributed by atoms with E-state index < -0.39 is 0 Å². The van der Waals surface area contributed by atoms with E-state index in [-0.39, 0.29) is 36.0 Å². The first-order valence-electron chi connectivity index (χ1n) is 7.04. The van der Waals surface area contributed by atoms with E-state index in [0.717, 1.165) is 12.0 Å². The van der Waals surface area contributed by atoms with Crippen molar-refractivity contribution in [2.24, 2.45) is 5.73 Å². The van der Waals surface area contributed by atoms with Crippen molar-refractivity contribution in [1.29, 1.82) is 0 Å². The third-order valence-electron chi connectivity index (χ3n) is 3.61. The Hall–Kier alpha value is -1.83. The summed E-state index contributed by atoms with van der Waals surface area (Å²) in [4.78, 5) is 26.9. The Kier molecular flexibility index (Phi) is 5.46. The van der Waals surface area contributed by atoms with E-state index in [1.807, 2.05) is 6.92 Å². The van der Waals surface area contributed by atoms with Crippen molar-refractivity contribution in [3.05, 3.63) is 40.7 Å². The van der Waals surface area contributed by atoms with Crippen molar-refractivity contribution < 1.29 is 14.0 Å². The molecular weight excluding hydrogens is 338 g/mol. The summed E-state index contributed by atoms with van der Waals surface area (Å²) in [5.41, 5.74) is 6.70. The third-order valence-corrected chi connectivity index (χ3v) is 4.75. The molecule has 0 saturated carbocycles. The van der Waals surface area contributed by atoms with Crippen LogP contribution in [-0.2, 0) is 0 Å². The van der Waals surface area contributed by atoms with Crippen molar-refractivity contribution >= 4 is 40.6 Å². The lowest BCUT2D eigenvalue weighted by Gasteiger charge is -2.14. The Morgan fingerprint density at radius 3 is 2.87 bits per heavy atom. The fourth-order valence-electron chi connectivity index (χ4n) is 2.45. The molecule has 0 radical (unpaired) electrons. The number of hydrogen-bond acceptors (Lipinski definition) is 5. The number of amides is 2. The molecule has 2 amide bonds. The molecule has 124 valence electrons. The molecule has 1 fully saturated rings. The largest absolute Gasteiger partial charge is 0.459 e. The summed E-state index contributed by atoms with van der Waals surface area (Å²) < 4.78 is 5.05. The molecule has 1 aliphatic heterocycles. The molecule has 0 bridgehead atoms. The summed E-state index contributed by atoms with van der Waals surface area (Å²) in [5.74, 6) is -0.105. The molecule has 6 nitrogen and oxygen atoms in total. The van der Waals surface area contributed by atoms with Gasteiger partial charge in [0.15, 0.2) is 5.76 Å². The third kappa shape index (κ3) is 3.74. The van der Waals surface area contributed by atoms with Crippen molar-refractivity contribution in [2.75, 3.05) is 18.4 Å². The van der Waals surface area contributed by atoms with Crippen LogP contribution in [0.25, 0.3) is 0 Å². The van der Waals surface area contributed by atoms with Crippen LogP contribution in [0.1, 0.15) is 32.2 Å². The van der Waals surface area contributed by atoms with Gasteiger partial charge in [-0.15, -0.1) is 23.7 Å². The van der Waals surface area contributed by atoms with Gasteiger partial charge in [-0.25, -0.2) is 0 Å². The molecule has 1 saturated heterocycles. The van der Waals surface area contributed by atoms with E-state index in [4.69, 9.17) is 10.2 Å². The number of furan rings is 1. The number of anilines is 1. The van der Waals surface area contributed by atoms with Crippen molar-refractivity contribution in [3.8, 4) is 0 Å². The number of nitrogens with one attached hydrogen (secondary N) is 1. The van der Waals surface area contributed by atoms with Gasteiger partial charge in [0.25, 0.3) is 11.8 Å². The Morgan fingerprint density at radius 1 is 1.48 bits per heavy atom. The molecule has 0 aromatic carbocycles. The number of aryl methyl sites for hydroxylation is 1. The molecule has 0 unspecified atom stereocenters. The normalized spacial score (nSPS) is 17.0. The highest BCUT2D eigenvalue weighted by molar-refractivity contribution is 7.18. The Bertz CT molecular complexity index is 699. The Morgan fingerprint density at radius 2 is 2.26 bits per heavy atom. The van der Waals surface area contributed by atoms with Gasteiger partial charge in [-0.05, 0) is 37.1 Å². The first kappa shape index (κ1) is 17.5. The lowest BCUT2D eigenvalue weighted by atomic mass is 10.2. The minimum atomic E-state index is -0.326. The van der Waals surface area contributed by atoms with Gasteiger partial charge in [0.05, 0.1) is 16.1 Å². The zero-order valence-corrected chi connectivity index (χ0v) is 14.2. The van der Waals surface area contributed by atoms with Gasteiger partial charge in [-0.3, -0.25) is 9.59 Å². The number of nitrogens with two attached hydrogens (primary N) is 1. The lowest BCUT2D eigenvalue weighted by molar-refractivity contribution is 0.0794. The maximum absolute atomic E-state index is 12.5. The van der Waals surface area contributed by atoms with E-state index in [0.29, 0.717) is 23.0 Å². The molecule has 0 aliphatic carbocycles. The van der Waals surface area contributed by atoms with Gasteiger partial charge in [-0.1, -0.05) is 0 Å². The molecule has 23 heavy (non-hydrogen) atoms. The minimum absolute atomic E-state index is 0. The second kappa shape index (κ2) is 7.16. The van der Waals surface area contributed by atoms with Crippen LogP contribution in [0.15, 0.2) is 28.9 Å². The molecule has 3 rings (SSSR count). The number of rotatable bonds is 3. The van der Waals surface area contributed by atoms with Crippen molar-refractivity contribution in [1.82, 2.24) is 4.90 Å². The van der Waals surface area contributed by atoms with Crippen LogP contribution >= 0.6 is 23.7 Å². The number of thiophene rings is 1. The quantitative estimate of drug-likeness (QED) is 0.885. The first-order valence-corrected chi connectivity index (χ1v) is 7.86. The van der Waals surface area contributed by atoms with Crippen LogP contribution in [0.2, 0.25) is 0 Å². The van der Waals surface area contributed by atoms with Crippen LogP contribution in [-0.4, -0.2) is 35.8 Å². The monoisotopic (exact) mass is 355 g/mol. The standard InChI is InChI=1S/C15H17N3O3S.ClH/c1-9-7-12(17-14(19)11-3-2-6-21-11)22-13(9)15(20)18-5-4-10(16)8-18;/h2-3,6-7,10H,4-5,8,16H2,1H3,(H,17,19);1H/t10-;/m1./s1. The highest BCUT2D eigenvalue weighted by Crippen LogP contribution is 2.29. The van der Waals surface area contributed by atoms with Crippen LogP contribution in [0.4, 0.5) is 5.00 Å². The Balaban J connectivity index is 0.00000192. The summed E-state index contributed by atoms with van der Waals surface area (Å²) in [6.45, 7) is 3.14. The molecule has 3 N–H and O–H groups in total. The average molecular weight is 356 g/mol. The van der Waals surface area contributed by atoms with Crippen molar-refractivity contribution in [3.63, 3.8) is 0 Å². The van der Waals surface area contributed by atoms with E-state index in [1.165, 1.54) is 17.6 Å². The number of halogens is 1. The second-order valence-corrected chi connectivity index (χ2v) is 6.41. The van der Waals surface area contributed by atoms with Gasteiger partial charge in [0.2, 0.25) is 0 Å². The molecule has 3 heterocycles. The summed E-state index contributed by atoms with van der Waals surface area (Å²) in [6, 6.07) is 5.10. The Labute approximate surface area is 144 Å². The SMILES string of the molecule is Cc1cc(NC(=O)c2ccco2)sc1C(=O)N1CC[C@@H](N)C1.Cl. The van der Waals surface area contributed by atoms with E-state index in [1.54, 1.807) is 23.1 Å². The van der Waals surface area contributed by atoms with E-state index in [2.05, 4.69) is 5.32 Å². The minimum Gasteiger partial charge on any atom is -0.459 e. The number of hydrogen-bond donors (Lipinski definition) is 2. The van der Waals surface area contributed by atoms with E-state index in [9.17, 15) is 9.59 Å². The van der Waals surface area contributed by atoms with Crippen LogP contribution in [0, 0.1) is 6.92 Å². The first-order chi connectivity index (χ1) is 10.5. The average Bonchev–Trinajstić information content (AvgIpc) is 3.19. The number of carbonyl (C=O) groups excluding carboxylic acids is 2. The summed E-state index contributed by atoms with van der Waals surface area (Å²) in [6.07, 6.45) is 2.28. The molecule has 2 aromatic heterocycles. The lowest BCUT2D eigenvalue weighted by Crippen LogP contribution is -2.31. The smallest absolute Gasteiger partial charge is 0.291 e. The second-order valence-electron chi connectivity index (χ2n) is 5.35. The van der Waals surface area contributed by atoms with Gasteiger partial charge >= 0.3 is 0 Å². The predicted octanol–water partition coefficient (Wildman–Crippen LogP) is 2.50. The number of carbonyl (C=O) groups is 2. The molecule has 0 spiro atoms. The van der Waals surface area contributed by atoms with E-state index >= 15 is 0 Å². The highest BCUT2D eigenvalue weighted by Gasteiger charge is 2.27. The van der Waals surface area contributed by atoms with Gasteiger partial charge in [0.1, 0.15) is 0 Å². The number of likely N-dealkylation sites (tertiary alicyclic amines) is 1. The van der Waals surface area contributed by atoms with Gasteiger partial charge in [-0.2, -0.15) is 0 Å². The molecule has 1 aliphatic rings. The molecule has 2 aromatic rings. The highest BCUT2D eigenvalue weighted by atomic mass is 35.5. The fraction of sp³-hybridized carbons (Fsp3) is 0.333. The fourth-order valence-corrected chi connectivity index (χ4v) is 3.49. The topological polar surface area (TPSA) is 88.6 Å². The van der Waals surface area contributed by atoms with Gasteiger partial charge in [0, 0.05) is 19.1 Å². The van der Waals surface area contributed by atoms with Crippen LogP contribution in [0.5, 0.6) is 0 Å². The zero-order chi connectivity index (χ0) is 15.7. The summed E-state index contributed by atoms with van der Waals surface area (Å²) in [7, 11) is 0. The van der Waals surface area contributed by atoms with Crippen LogP contribution in [0.3, 0.4) is 0 Å².